The third-order valence-electron chi connectivity index (χ3n) is 1.98. The van der Waals surface area contributed by atoms with Crippen LogP contribution in [0.4, 0.5) is 0 Å². The Bertz CT molecular complexity index is 198. The molecule has 1 aliphatic carbocycles. The quantitative estimate of drug-likeness (QED) is 0.617. The van der Waals surface area contributed by atoms with Gasteiger partial charge in [-0.25, -0.2) is 0 Å². The smallest absolute Gasteiger partial charge is 0.320 e. The number of rotatable bonds is 5. The molecular formula is C8H13NO3. The number of carboxylic acid groups (broad SMARTS) is 1. The summed E-state index contributed by atoms with van der Waals surface area (Å²) in [5.74, 6) is -0.606. The number of hydrogen-bond acceptors (Lipinski definition) is 3. The standard InChI is InChI=1S/C8H13NO3/c9-7(8(11)12)4-6(10)3-5-1-2-5/h5,7H,1-4,9H2,(H,11,12). The molecule has 0 heterocycles. The normalized spacial score (nSPS) is 18.8. The lowest BCUT2D eigenvalue weighted by Crippen LogP contribution is -2.32. The van der Waals surface area contributed by atoms with Crippen LogP contribution in [0.2, 0.25) is 0 Å². The predicted octanol–water partition coefficient (Wildman–Crippen LogP) is 0.158. The van der Waals surface area contributed by atoms with Crippen molar-refractivity contribution in [1.29, 1.82) is 0 Å². The van der Waals surface area contributed by atoms with Gasteiger partial charge in [0.05, 0.1) is 0 Å². The van der Waals surface area contributed by atoms with E-state index in [0.29, 0.717) is 12.3 Å². The molecule has 0 aromatic rings. The molecular weight excluding hydrogens is 158 g/mol. The third kappa shape index (κ3) is 3.00. The first kappa shape index (κ1) is 9.19. The molecule has 0 radical (unpaired) electrons. The highest BCUT2D eigenvalue weighted by Crippen LogP contribution is 2.32. The minimum atomic E-state index is -1.10. The van der Waals surface area contributed by atoms with Gasteiger partial charge in [0.15, 0.2) is 0 Å². The number of carboxylic acids is 1. The van der Waals surface area contributed by atoms with E-state index in [-0.39, 0.29) is 12.2 Å². The van der Waals surface area contributed by atoms with Gasteiger partial charge < -0.3 is 10.8 Å². The predicted molar refractivity (Wildman–Crippen MR) is 42.6 cm³/mol. The molecule has 1 atom stereocenters. The first-order chi connectivity index (χ1) is 5.59. The number of hydrogen-bond donors (Lipinski definition) is 2. The molecule has 0 aromatic carbocycles. The van der Waals surface area contributed by atoms with Gasteiger partial charge in [0, 0.05) is 12.8 Å². The molecule has 4 nitrogen and oxygen atoms in total. The van der Waals surface area contributed by atoms with E-state index in [0.717, 1.165) is 12.8 Å². The largest absolute Gasteiger partial charge is 0.480 e. The van der Waals surface area contributed by atoms with Crippen LogP contribution in [0.3, 0.4) is 0 Å². The van der Waals surface area contributed by atoms with Crippen molar-refractivity contribution in [3.8, 4) is 0 Å². The van der Waals surface area contributed by atoms with E-state index in [2.05, 4.69) is 0 Å². The van der Waals surface area contributed by atoms with Gasteiger partial charge in [0.2, 0.25) is 0 Å². The SMILES string of the molecule is NC(CC(=O)CC1CC1)C(=O)O. The first-order valence-corrected chi connectivity index (χ1v) is 4.09. The number of carbonyl (C=O) groups is 2. The molecule has 0 spiro atoms. The summed E-state index contributed by atoms with van der Waals surface area (Å²) in [6.45, 7) is 0. The van der Waals surface area contributed by atoms with Crippen LogP contribution in [0.5, 0.6) is 0 Å². The zero-order valence-electron chi connectivity index (χ0n) is 6.82. The minimum Gasteiger partial charge on any atom is -0.480 e. The summed E-state index contributed by atoms with van der Waals surface area (Å²) in [6.07, 6.45) is 2.70. The molecule has 12 heavy (non-hydrogen) atoms. The van der Waals surface area contributed by atoms with E-state index in [4.69, 9.17) is 10.8 Å². The molecule has 0 aromatic heterocycles. The van der Waals surface area contributed by atoms with E-state index in [1.807, 2.05) is 0 Å². The summed E-state index contributed by atoms with van der Waals surface area (Å²) in [5, 5.41) is 8.40. The number of nitrogens with two attached hydrogens (primary N) is 1. The summed E-state index contributed by atoms with van der Waals surface area (Å²) in [5.41, 5.74) is 5.19. The van der Waals surface area contributed by atoms with E-state index < -0.39 is 12.0 Å². The second-order valence-corrected chi connectivity index (χ2v) is 3.34. The molecule has 1 unspecified atom stereocenters. The molecule has 0 aliphatic heterocycles. The van der Waals surface area contributed by atoms with Gasteiger partial charge in [-0.3, -0.25) is 9.59 Å². The van der Waals surface area contributed by atoms with Crippen LogP contribution in [-0.4, -0.2) is 22.9 Å². The van der Waals surface area contributed by atoms with Crippen LogP contribution in [0.15, 0.2) is 0 Å². The maximum absolute atomic E-state index is 11.1. The number of Topliss-reactive ketones (excluding diaryl/α,β-unsaturated/α-hetero) is 1. The Morgan fingerprint density at radius 1 is 1.50 bits per heavy atom. The van der Waals surface area contributed by atoms with Crippen molar-refractivity contribution in [2.24, 2.45) is 11.7 Å². The van der Waals surface area contributed by atoms with Gasteiger partial charge in [-0.2, -0.15) is 0 Å². The Hall–Kier alpha value is -0.900. The molecule has 1 rings (SSSR count). The third-order valence-corrected chi connectivity index (χ3v) is 1.98. The fraction of sp³-hybridized carbons (Fsp3) is 0.750. The number of carbonyl (C=O) groups excluding carboxylic acids is 1. The van der Waals surface area contributed by atoms with Gasteiger partial charge in [-0.15, -0.1) is 0 Å². The van der Waals surface area contributed by atoms with Crippen LogP contribution >= 0.6 is 0 Å². The molecule has 1 fully saturated rings. The highest BCUT2D eigenvalue weighted by Gasteiger charge is 2.26. The first-order valence-electron chi connectivity index (χ1n) is 4.09. The van der Waals surface area contributed by atoms with Crippen LogP contribution in [0.25, 0.3) is 0 Å². The van der Waals surface area contributed by atoms with Gasteiger partial charge >= 0.3 is 5.97 Å². The Labute approximate surface area is 70.7 Å². The average Bonchev–Trinajstić information content (AvgIpc) is 2.71. The summed E-state index contributed by atoms with van der Waals surface area (Å²) in [4.78, 5) is 21.3. The summed E-state index contributed by atoms with van der Waals surface area (Å²) in [7, 11) is 0. The Morgan fingerprint density at radius 2 is 2.08 bits per heavy atom. The van der Waals surface area contributed by atoms with Gasteiger partial charge in [0.1, 0.15) is 11.8 Å². The summed E-state index contributed by atoms with van der Waals surface area (Å²) in [6, 6.07) is -1.02. The highest BCUT2D eigenvalue weighted by atomic mass is 16.4. The van der Waals surface area contributed by atoms with E-state index in [9.17, 15) is 9.59 Å². The van der Waals surface area contributed by atoms with E-state index in [1.54, 1.807) is 0 Å². The van der Waals surface area contributed by atoms with Crippen LogP contribution in [0.1, 0.15) is 25.7 Å². The zero-order chi connectivity index (χ0) is 9.14. The zero-order valence-corrected chi connectivity index (χ0v) is 6.82. The molecule has 0 saturated heterocycles. The average molecular weight is 171 g/mol. The van der Waals surface area contributed by atoms with Crippen LogP contribution in [-0.2, 0) is 9.59 Å². The number of aliphatic carboxylic acids is 1. The van der Waals surface area contributed by atoms with Crippen molar-refractivity contribution in [1.82, 2.24) is 0 Å². The molecule has 4 heteroatoms. The molecule has 0 amide bonds. The van der Waals surface area contributed by atoms with Crippen LogP contribution < -0.4 is 5.73 Å². The Kier molecular flexibility index (Phi) is 2.81. The van der Waals surface area contributed by atoms with Crippen molar-refractivity contribution in [3.05, 3.63) is 0 Å². The van der Waals surface area contributed by atoms with Gasteiger partial charge in [-0.1, -0.05) is 0 Å². The topological polar surface area (TPSA) is 80.4 Å². The van der Waals surface area contributed by atoms with Crippen molar-refractivity contribution in [3.63, 3.8) is 0 Å². The summed E-state index contributed by atoms with van der Waals surface area (Å²) >= 11 is 0. The maximum atomic E-state index is 11.1. The van der Waals surface area contributed by atoms with Gasteiger partial charge in [-0.05, 0) is 18.8 Å². The second kappa shape index (κ2) is 3.67. The molecule has 0 bridgehead atoms. The highest BCUT2D eigenvalue weighted by molar-refractivity contribution is 5.85. The number of ketones is 1. The van der Waals surface area contributed by atoms with Gasteiger partial charge in [0.25, 0.3) is 0 Å². The van der Waals surface area contributed by atoms with E-state index >= 15 is 0 Å². The van der Waals surface area contributed by atoms with Crippen molar-refractivity contribution in [2.75, 3.05) is 0 Å². The van der Waals surface area contributed by atoms with Crippen molar-refractivity contribution < 1.29 is 14.7 Å². The minimum absolute atomic E-state index is 0.0209. The monoisotopic (exact) mass is 171 g/mol. The van der Waals surface area contributed by atoms with Crippen LogP contribution in [0, 0.1) is 5.92 Å². The maximum Gasteiger partial charge on any atom is 0.320 e. The fourth-order valence-electron chi connectivity index (χ4n) is 1.06. The molecule has 1 aliphatic rings. The molecule has 1 saturated carbocycles. The summed E-state index contributed by atoms with van der Waals surface area (Å²) < 4.78 is 0. The Balaban J connectivity index is 2.19. The van der Waals surface area contributed by atoms with Crippen molar-refractivity contribution >= 4 is 11.8 Å². The second-order valence-electron chi connectivity index (χ2n) is 3.34. The lowest BCUT2D eigenvalue weighted by molar-refractivity contribution is -0.140. The Morgan fingerprint density at radius 3 is 2.50 bits per heavy atom. The lowest BCUT2D eigenvalue weighted by atomic mass is 10.1. The molecule has 68 valence electrons. The molecule has 3 N–H and O–H groups in total. The van der Waals surface area contributed by atoms with Crippen molar-refractivity contribution in [2.45, 2.75) is 31.7 Å². The fourth-order valence-corrected chi connectivity index (χ4v) is 1.06. The lowest BCUT2D eigenvalue weighted by Gasteiger charge is -2.03. The van der Waals surface area contributed by atoms with E-state index in [1.165, 1.54) is 0 Å².